The number of benzene rings is 2. The van der Waals surface area contributed by atoms with E-state index in [1.54, 1.807) is 0 Å². The summed E-state index contributed by atoms with van der Waals surface area (Å²) in [6.07, 6.45) is 3.64. The van der Waals surface area contributed by atoms with Crippen LogP contribution in [0.15, 0.2) is 54.6 Å². The molecule has 4 rings (SSSR count). The highest BCUT2D eigenvalue weighted by Crippen LogP contribution is 2.22. The summed E-state index contributed by atoms with van der Waals surface area (Å²) in [6, 6.07) is 17.1. The highest BCUT2D eigenvalue weighted by atomic mass is 16.5. The fraction of sp³-hybridized carbons (Fsp3) is 0.320. The molecule has 2 aromatic carbocycles. The molecule has 0 atom stereocenters. The van der Waals surface area contributed by atoms with Crippen LogP contribution in [0.5, 0.6) is 5.75 Å². The molecule has 1 aliphatic heterocycles. The highest BCUT2D eigenvalue weighted by Gasteiger charge is 2.14. The lowest BCUT2D eigenvalue weighted by Gasteiger charge is -2.27. The topological polar surface area (TPSA) is 79.4 Å². The lowest BCUT2D eigenvalue weighted by Crippen LogP contribution is -2.31. The van der Waals surface area contributed by atoms with Gasteiger partial charge in [0.15, 0.2) is 6.61 Å². The van der Waals surface area contributed by atoms with Crippen molar-refractivity contribution in [2.24, 2.45) is 0 Å². The quantitative estimate of drug-likeness (QED) is 0.557. The molecule has 1 aromatic heterocycles. The molecule has 3 aromatic rings. The van der Waals surface area contributed by atoms with Gasteiger partial charge in [-0.2, -0.15) is 4.98 Å². The molecule has 1 saturated heterocycles. The number of aryl methyl sites for hydroxylation is 2. The first kappa shape index (κ1) is 21.6. The third kappa shape index (κ3) is 5.97. The maximum atomic E-state index is 12.2. The van der Waals surface area contributed by atoms with Crippen molar-refractivity contribution in [3.8, 4) is 5.75 Å². The number of aromatic nitrogens is 2. The van der Waals surface area contributed by atoms with Gasteiger partial charge in [-0.15, -0.1) is 0 Å². The van der Waals surface area contributed by atoms with E-state index in [1.165, 1.54) is 19.3 Å². The molecule has 2 heterocycles. The number of piperidine rings is 1. The molecule has 0 saturated carbocycles. The Morgan fingerprint density at radius 2 is 1.72 bits per heavy atom. The number of carbonyl (C=O) groups is 1. The maximum absolute atomic E-state index is 12.2. The SMILES string of the molecule is Cc1cccc(OCC(=O)Nc2ccc(Nc3cc(C)nc(N4CCCCC4)n3)cc2)c1. The average Bonchev–Trinajstić information content (AvgIpc) is 2.79. The Morgan fingerprint density at radius 3 is 2.47 bits per heavy atom. The predicted molar refractivity (Wildman–Crippen MR) is 128 cm³/mol. The number of anilines is 4. The van der Waals surface area contributed by atoms with Crippen LogP contribution >= 0.6 is 0 Å². The van der Waals surface area contributed by atoms with E-state index in [9.17, 15) is 4.79 Å². The van der Waals surface area contributed by atoms with Gasteiger partial charge in [-0.05, 0) is 75.1 Å². The number of ether oxygens (including phenoxy) is 1. The Kier molecular flexibility index (Phi) is 6.84. The highest BCUT2D eigenvalue weighted by molar-refractivity contribution is 5.92. The fourth-order valence-electron chi connectivity index (χ4n) is 3.69. The second-order valence-corrected chi connectivity index (χ2v) is 8.10. The molecule has 7 nitrogen and oxygen atoms in total. The van der Waals surface area contributed by atoms with Crippen molar-refractivity contribution >= 4 is 29.0 Å². The van der Waals surface area contributed by atoms with Crippen LogP contribution < -0.4 is 20.3 Å². The summed E-state index contributed by atoms with van der Waals surface area (Å²) in [5, 5.41) is 6.20. The van der Waals surface area contributed by atoms with Gasteiger partial charge in [0.2, 0.25) is 5.95 Å². The largest absolute Gasteiger partial charge is 0.484 e. The van der Waals surface area contributed by atoms with Gasteiger partial charge in [-0.25, -0.2) is 4.98 Å². The molecular weight excluding hydrogens is 402 g/mol. The van der Waals surface area contributed by atoms with Crippen LogP contribution in [0.1, 0.15) is 30.5 Å². The summed E-state index contributed by atoms with van der Waals surface area (Å²) in [6.45, 7) is 5.94. The molecule has 0 unspecified atom stereocenters. The first-order chi connectivity index (χ1) is 15.5. The van der Waals surface area contributed by atoms with Gasteiger partial charge in [0.05, 0.1) is 0 Å². The van der Waals surface area contributed by atoms with Gasteiger partial charge in [0, 0.05) is 36.2 Å². The van der Waals surface area contributed by atoms with E-state index in [0.717, 1.165) is 41.8 Å². The van der Waals surface area contributed by atoms with Crippen LogP contribution in [0.2, 0.25) is 0 Å². The van der Waals surface area contributed by atoms with Crippen LogP contribution in [0.3, 0.4) is 0 Å². The number of hydrogen-bond donors (Lipinski definition) is 2. The predicted octanol–water partition coefficient (Wildman–Crippen LogP) is 4.84. The first-order valence-electron chi connectivity index (χ1n) is 11.0. The minimum atomic E-state index is -0.204. The van der Waals surface area contributed by atoms with Gasteiger partial charge in [0.25, 0.3) is 5.91 Å². The molecule has 1 amide bonds. The monoisotopic (exact) mass is 431 g/mol. The lowest BCUT2D eigenvalue weighted by molar-refractivity contribution is -0.118. The van der Waals surface area contributed by atoms with Gasteiger partial charge < -0.3 is 20.3 Å². The summed E-state index contributed by atoms with van der Waals surface area (Å²) >= 11 is 0. The van der Waals surface area contributed by atoms with Crippen molar-refractivity contribution in [1.82, 2.24) is 9.97 Å². The molecule has 0 spiro atoms. The van der Waals surface area contributed by atoms with E-state index >= 15 is 0 Å². The number of nitrogens with one attached hydrogen (secondary N) is 2. The minimum absolute atomic E-state index is 0.0387. The maximum Gasteiger partial charge on any atom is 0.262 e. The Labute approximate surface area is 188 Å². The first-order valence-corrected chi connectivity index (χ1v) is 11.0. The van der Waals surface area contributed by atoms with E-state index < -0.39 is 0 Å². The van der Waals surface area contributed by atoms with E-state index in [-0.39, 0.29) is 12.5 Å². The van der Waals surface area contributed by atoms with Crippen LogP contribution in [0.25, 0.3) is 0 Å². The zero-order valence-corrected chi connectivity index (χ0v) is 18.6. The number of amides is 1. The zero-order chi connectivity index (χ0) is 22.3. The fourth-order valence-corrected chi connectivity index (χ4v) is 3.69. The van der Waals surface area contributed by atoms with Gasteiger partial charge >= 0.3 is 0 Å². The van der Waals surface area contributed by atoms with Crippen molar-refractivity contribution < 1.29 is 9.53 Å². The van der Waals surface area contributed by atoms with E-state index in [2.05, 4.69) is 20.5 Å². The Morgan fingerprint density at radius 1 is 0.969 bits per heavy atom. The van der Waals surface area contributed by atoms with Crippen LogP contribution in [-0.4, -0.2) is 35.6 Å². The minimum Gasteiger partial charge on any atom is -0.484 e. The molecule has 7 heteroatoms. The summed E-state index contributed by atoms with van der Waals surface area (Å²) in [4.78, 5) is 23.8. The van der Waals surface area contributed by atoms with Crippen LogP contribution in [0.4, 0.5) is 23.1 Å². The normalized spacial score (nSPS) is 13.5. The summed E-state index contributed by atoms with van der Waals surface area (Å²) in [5.74, 6) is 2.03. The van der Waals surface area contributed by atoms with Crippen LogP contribution in [-0.2, 0) is 4.79 Å². The smallest absolute Gasteiger partial charge is 0.262 e. The molecule has 32 heavy (non-hydrogen) atoms. The molecular formula is C25H29N5O2. The van der Waals surface area contributed by atoms with Crippen molar-refractivity contribution in [2.75, 3.05) is 35.2 Å². The Bertz CT molecular complexity index is 1060. The summed E-state index contributed by atoms with van der Waals surface area (Å²) < 4.78 is 5.55. The molecule has 0 aliphatic carbocycles. The lowest BCUT2D eigenvalue weighted by atomic mass is 10.1. The molecule has 1 aliphatic rings. The molecule has 0 bridgehead atoms. The van der Waals surface area contributed by atoms with Crippen LogP contribution in [0, 0.1) is 13.8 Å². The summed E-state index contributed by atoms with van der Waals surface area (Å²) in [7, 11) is 0. The molecule has 1 fully saturated rings. The van der Waals surface area contributed by atoms with Crippen molar-refractivity contribution in [2.45, 2.75) is 33.1 Å². The van der Waals surface area contributed by atoms with Crippen molar-refractivity contribution in [3.05, 3.63) is 65.9 Å². The van der Waals surface area contributed by atoms with Gasteiger partial charge in [0.1, 0.15) is 11.6 Å². The van der Waals surface area contributed by atoms with Crippen molar-refractivity contribution in [3.63, 3.8) is 0 Å². The van der Waals surface area contributed by atoms with E-state index in [4.69, 9.17) is 9.72 Å². The standard InChI is InChI=1S/C25H29N5O2/c1-18-7-6-8-22(15-18)32-17-24(31)28-21-11-9-20(10-12-21)27-23-16-19(2)26-25(29-23)30-13-4-3-5-14-30/h6-12,15-16H,3-5,13-14,17H2,1-2H3,(H,28,31)(H,26,27,29). The van der Waals surface area contributed by atoms with Gasteiger partial charge in [-0.3, -0.25) is 4.79 Å². The zero-order valence-electron chi connectivity index (χ0n) is 18.6. The second kappa shape index (κ2) is 10.1. The Hall–Kier alpha value is -3.61. The Balaban J connectivity index is 1.33. The van der Waals surface area contributed by atoms with Gasteiger partial charge in [-0.1, -0.05) is 12.1 Å². The molecule has 0 radical (unpaired) electrons. The third-order valence-electron chi connectivity index (χ3n) is 5.28. The number of rotatable bonds is 7. The summed E-state index contributed by atoms with van der Waals surface area (Å²) in [5.41, 5.74) is 3.62. The number of hydrogen-bond acceptors (Lipinski definition) is 6. The molecule has 166 valence electrons. The third-order valence-corrected chi connectivity index (χ3v) is 5.28. The average molecular weight is 432 g/mol. The number of carbonyl (C=O) groups excluding carboxylic acids is 1. The van der Waals surface area contributed by atoms with E-state index in [1.807, 2.05) is 68.4 Å². The second-order valence-electron chi connectivity index (χ2n) is 8.10. The molecule has 2 N–H and O–H groups in total. The number of nitrogens with zero attached hydrogens (tertiary/aromatic N) is 3. The van der Waals surface area contributed by atoms with E-state index in [0.29, 0.717) is 11.4 Å². The van der Waals surface area contributed by atoms with Crippen molar-refractivity contribution in [1.29, 1.82) is 0 Å².